The Bertz CT molecular complexity index is 506. The number of rotatable bonds is 8. The molecule has 0 bridgehead atoms. The number of nitrogens with zero attached hydrogens (tertiary/aromatic N) is 1. The molecule has 6 heteroatoms. The molecule has 23 heavy (non-hydrogen) atoms. The van der Waals surface area contributed by atoms with Crippen LogP contribution in [0.3, 0.4) is 0 Å². The van der Waals surface area contributed by atoms with Gasteiger partial charge in [-0.25, -0.2) is 9.18 Å². The van der Waals surface area contributed by atoms with Crippen molar-refractivity contribution in [1.29, 1.82) is 0 Å². The van der Waals surface area contributed by atoms with Gasteiger partial charge < -0.3 is 20.6 Å². The molecule has 5 nitrogen and oxygen atoms in total. The molecule has 0 heterocycles. The fraction of sp³-hybridized carbons (Fsp3) is 0.588. The average Bonchev–Trinajstić information content (AvgIpc) is 2.45. The highest BCUT2D eigenvalue weighted by Crippen LogP contribution is 2.19. The molecule has 1 aromatic carbocycles. The Balaban J connectivity index is 2.54. The van der Waals surface area contributed by atoms with Crippen LogP contribution in [-0.4, -0.2) is 49.8 Å². The average molecular weight is 325 g/mol. The van der Waals surface area contributed by atoms with Crippen molar-refractivity contribution >= 4 is 6.03 Å². The quantitative estimate of drug-likeness (QED) is 0.686. The van der Waals surface area contributed by atoms with Crippen molar-refractivity contribution in [1.82, 2.24) is 15.5 Å². The third-order valence-electron chi connectivity index (χ3n) is 3.83. The van der Waals surface area contributed by atoms with E-state index in [0.29, 0.717) is 19.5 Å². The molecule has 3 N–H and O–H groups in total. The number of urea groups is 1. The second-order valence-corrected chi connectivity index (χ2v) is 6.74. The Morgan fingerprint density at radius 2 is 2.04 bits per heavy atom. The molecule has 1 atom stereocenters. The van der Waals surface area contributed by atoms with Crippen LogP contribution in [0.5, 0.6) is 0 Å². The number of likely N-dealkylation sites (N-methyl/N-ethyl adjacent to an activating group) is 1. The maximum Gasteiger partial charge on any atom is 0.314 e. The number of amides is 2. The van der Waals surface area contributed by atoms with E-state index in [4.69, 9.17) is 5.11 Å². The molecule has 0 aliphatic carbocycles. The number of aliphatic hydroxyl groups is 1. The lowest BCUT2D eigenvalue weighted by Crippen LogP contribution is -2.43. The Kier molecular flexibility index (Phi) is 7.45. The number of aliphatic hydroxyl groups excluding tert-OH is 1. The summed E-state index contributed by atoms with van der Waals surface area (Å²) in [7, 11) is 3.78. The van der Waals surface area contributed by atoms with Crippen LogP contribution in [0, 0.1) is 11.2 Å². The molecule has 1 rings (SSSR count). The lowest BCUT2D eigenvalue weighted by molar-refractivity contribution is 0.199. The Hall–Kier alpha value is -1.66. The minimum Gasteiger partial charge on any atom is -0.396 e. The summed E-state index contributed by atoms with van der Waals surface area (Å²) < 4.78 is 13.4. The van der Waals surface area contributed by atoms with Gasteiger partial charge in [0.25, 0.3) is 0 Å². The van der Waals surface area contributed by atoms with Crippen LogP contribution >= 0.6 is 0 Å². The van der Waals surface area contributed by atoms with E-state index in [1.54, 1.807) is 6.07 Å². The van der Waals surface area contributed by atoms with E-state index in [0.717, 1.165) is 5.56 Å². The van der Waals surface area contributed by atoms with Gasteiger partial charge >= 0.3 is 6.03 Å². The summed E-state index contributed by atoms with van der Waals surface area (Å²) in [4.78, 5) is 13.9. The number of hydrogen-bond donors (Lipinski definition) is 3. The molecule has 0 aliphatic heterocycles. The van der Waals surface area contributed by atoms with Crippen molar-refractivity contribution in [2.24, 2.45) is 5.41 Å². The molecular weight excluding hydrogens is 297 g/mol. The van der Waals surface area contributed by atoms with Gasteiger partial charge in [0.1, 0.15) is 5.82 Å². The maximum absolute atomic E-state index is 13.4. The number of hydrogen-bond acceptors (Lipinski definition) is 3. The Morgan fingerprint density at radius 3 is 2.61 bits per heavy atom. The van der Waals surface area contributed by atoms with Crippen LogP contribution in [0.15, 0.2) is 24.3 Å². The SMILES string of the molecule is CN(C)C(CNC(=O)NCC(C)(C)CCO)c1cccc(F)c1. The number of nitrogens with one attached hydrogen (secondary N) is 2. The molecule has 0 saturated heterocycles. The standard InChI is InChI=1S/C17H28FN3O2/c1-17(2,8-9-22)12-20-16(23)19-11-15(21(3)4)13-6-5-7-14(18)10-13/h5-7,10,15,22H,8-9,11-12H2,1-4H3,(H2,19,20,23). The normalized spacial score (nSPS) is 13.0. The number of halogens is 1. The summed E-state index contributed by atoms with van der Waals surface area (Å²) in [6, 6.07) is 6.02. The van der Waals surface area contributed by atoms with E-state index in [1.165, 1.54) is 12.1 Å². The molecule has 1 aromatic rings. The third-order valence-corrected chi connectivity index (χ3v) is 3.83. The Labute approximate surface area is 137 Å². The van der Waals surface area contributed by atoms with Crippen LogP contribution in [0.25, 0.3) is 0 Å². The van der Waals surface area contributed by atoms with Gasteiger partial charge in [0, 0.05) is 19.7 Å². The summed E-state index contributed by atoms with van der Waals surface area (Å²) in [5, 5.41) is 14.6. The fourth-order valence-electron chi connectivity index (χ4n) is 2.27. The molecule has 0 saturated carbocycles. The van der Waals surface area contributed by atoms with E-state index >= 15 is 0 Å². The second kappa shape index (κ2) is 8.84. The summed E-state index contributed by atoms with van der Waals surface area (Å²) in [5.74, 6) is -0.287. The van der Waals surface area contributed by atoms with Gasteiger partial charge in [0.15, 0.2) is 0 Å². The predicted octanol–water partition coefficient (Wildman–Crippen LogP) is 2.14. The second-order valence-electron chi connectivity index (χ2n) is 6.74. The van der Waals surface area contributed by atoms with Crippen LogP contribution in [0.1, 0.15) is 31.9 Å². The third kappa shape index (κ3) is 6.97. The zero-order valence-electron chi connectivity index (χ0n) is 14.4. The largest absolute Gasteiger partial charge is 0.396 e. The van der Waals surface area contributed by atoms with Crippen LogP contribution in [0.4, 0.5) is 9.18 Å². The monoisotopic (exact) mass is 325 g/mol. The van der Waals surface area contributed by atoms with E-state index in [1.807, 2.05) is 38.9 Å². The zero-order valence-corrected chi connectivity index (χ0v) is 14.4. The first-order valence-electron chi connectivity index (χ1n) is 7.79. The summed E-state index contributed by atoms with van der Waals surface area (Å²) in [5.41, 5.74) is 0.659. The van der Waals surface area contributed by atoms with Crippen molar-refractivity contribution in [3.8, 4) is 0 Å². The van der Waals surface area contributed by atoms with E-state index in [2.05, 4.69) is 10.6 Å². The van der Waals surface area contributed by atoms with Gasteiger partial charge in [0.2, 0.25) is 0 Å². The smallest absolute Gasteiger partial charge is 0.314 e. The minimum absolute atomic E-state index is 0.0958. The Morgan fingerprint density at radius 1 is 1.35 bits per heavy atom. The molecule has 1 unspecified atom stereocenters. The van der Waals surface area contributed by atoms with Crippen LogP contribution < -0.4 is 10.6 Å². The molecule has 0 radical (unpaired) electrons. The minimum atomic E-state index is -0.287. The molecule has 130 valence electrons. The van der Waals surface area contributed by atoms with Gasteiger partial charge in [-0.05, 0) is 43.6 Å². The maximum atomic E-state index is 13.4. The van der Waals surface area contributed by atoms with Gasteiger partial charge in [-0.15, -0.1) is 0 Å². The van der Waals surface area contributed by atoms with Crippen molar-refractivity contribution in [3.05, 3.63) is 35.6 Å². The predicted molar refractivity (Wildman–Crippen MR) is 89.7 cm³/mol. The van der Waals surface area contributed by atoms with Crippen molar-refractivity contribution < 1.29 is 14.3 Å². The first-order chi connectivity index (χ1) is 10.7. The van der Waals surface area contributed by atoms with Crippen molar-refractivity contribution in [2.45, 2.75) is 26.3 Å². The van der Waals surface area contributed by atoms with Gasteiger partial charge in [-0.2, -0.15) is 0 Å². The molecule has 0 aromatic heterocycles. The first-order valence-corrected chi connectivity index (χ1v) is 7.79. The van der Waals surface area contributed by atoms with Gasteiger partial charge in [-0.1, -0.05) is 26.0 Å². The van der Waals surface area contributed by atoms with Gasteiger partial charge in [0.05, 0.1) is 6.04 Å². The summed E-state index contributed by atoms with van der Waals surface area (Å²) >= 11 is 0. The van der Waals surface area contributed by atoms with Crippen LogP contribution in [0.2, 0.25) is 0 Å². The number of carbonyl (C=O) groups excluding carboxylic acids is 1. The number of benzene rings is 1. The zero-order chi connectivity index (χ0) is 17.5. The highest BCUT2D eigenvalue weighted by molar-refractivity contribution is 5.73. The fourth-order valence-corrected chi connectivity index (χ4v) is 2.27. The topological polar surface area (TPSA) is 64.6 Å². The van der Waals surface area contributed by atoms with Gasteiger partial charge in [-0.3, -0.25) is 0 Å². The molecule has 2 amide bonds. The van der Waals surface area contributed by atoms with E-state index < -0.39 is 0 Å². The first kappa shape index (κ1) is 19.4. The lowest BCUT2D eigenvalue weighted by Gasteiger charge is -2.27. The van der Waals surface area contributed by atoms with Crippen molar-refractivity contribution in [3.63, 3.8) is 0 Å². The van der Waals surface area contributed by atoms with E-state index in [-0.39, 0.29) is 29.9 Å². The highest BCUT2D eigenvalue weighted by atomic mass is 19.1. The molecule has 0 spiro atoms. The molecule has 0 fully saturated rings. The molecule has 0 aliphatic rings. The number of carbonyl (C=O) groups is 1. The summed E-state index contributed by atoms with van der Waals surface area (Å²) in [6.07, 6.45) is 0.622. The highest BCUT2D eigenvalue weighted by Gasteiger charge is 2.19. The van der Waals surface area contributed by atoms with Crippen molar-refractivity contribution in [2.75, 3.05) is 33.8 Å². The molecular formula is C17H28FN3O2. The van der Waals surface area contributed by atoms with E-state index in [9.17, 15) is 9.18 Å². The lowest BCUT2D eigenvalue weighted by atomic mass is 9.90. The summed E-state index contributed by atoms with van der Waals surface area (Å²) in [6.45, 7) is 4.92. The van der Waals surface area contributed by atoms with Crippen LogP contribution in [-0.2, 0) is 0 Å².